The largest absolute Gasteiger partial charge is 0.456 e. The highest BCUT2D eigenvalue weighted by Gasteiger charge is 2.10. The molecule has 1 aromatic carbocycles. The van der Waals surface area contributed by atoms with Crippen LogP contribution in [0.3, 0.4) is 0 Å². The maximum Gasteiger partial charge on any atom is 0.308 e. The molecule has 0 spiro atoms. The molecule has 2 rings (SSSR count). The van der Waals surface area contributed by atoms with E-state index in [-0.39, 0.29) is 18.9 Å². The molecule has 1 amide bonds. The molecule has 0 saturated carbocycles. The van der Waals surface area contributed by atoms with Crippen LogP contribution in [0.4, 0.5) is 11.6 Å². The highest BCUT2D eigenvalue weighted by atomic mass is 16.5. The molecule has 0 bridgehead atoms. The van der Waals surface area contributed by atoms with Crippen molar-refractivity contribution in [1.29, 1.82) is 0 Å². The van der Waals surface area contributed by atoms with Crippen LogP contribution in [0, 0.1) is 13.8 Å². The van der Waals surface area contributed by atoms with Gasteiger partial charge in [0.15, 0.2) is 6.61 Å². The van der Waals surface area contributed by atoms with E-state index < -0.39 is 5.97 Å². The Labute approximate surface area is 140 Å². The van der Waals surface area contributed by atoms with E-state index >= 15 is 0 Å². The Morgan fingerprint density at radius 1 is 1.08 bits per heavy atom. The van der Waals surface area contributed by atoms with E-state index in [1.165, 1.54) is 0 Å². The minimum atomic E-state index is -0.463. The van der Waals surface area contributed by atoms with E-state index in [1.54, 1.807) is 18.5 Å². The molecule has 0 aliphatic rings. The van der Waals surface area contributed by atoms with Gasteiger partial charge in [0.2, 0.25) is 5.95 Å². The van der Waals surface area contributed by atoms with E-state index in [0.717, 1.165) is 16.8 Å². The molecular weight excluding hydrogens is 308 g/mol. The third-order valence-electron chi connectivity index (χ3n) is 3.29. The van der Waals surface area contributed by atoms with Crippen molar-refractivity contribution in [3.8, 4) is 0 Å². The zero-order chi connectivity index (χ0) is 17.4. The van der Waals surface area contributed by atoms with Crippen molar-refractivity contribution in [2.45, 2.75) is 20.3 Å². The molecule has 0 atom stereocenters. The van der Waals surface area contributed by atoms with Crippen molar-refractivity contribution in [3.63, 3.8) is 0 Å². The van der Waals surface area contributed by atoms with Crippen LogP contribution in [0.5, 0.6) is 0 Å². The summed E-state index contributed by atoms with van der Waals surface area (Å²) in [5.74, 6) is -0.381. The molecule has 0 aliphatic carbocycles. The smallest absolute Gasteiger partial charge is 0.308 e. The summed E-state index contributed by atoms with van der Waals surface area (Å²) in [5, 5.41) is 5.66. The average Bonchev–Trinajstić information content (AvgIpc) is 2.57. The number of esters is 1. The number of aryl methyl sites for hydroxylation is 2. The van der Waals surface area contributed by atoms with Gasteiger partial charge in [-0.25, -0.2) is 9.97 Å². The molecule has 2 N–H and O–H groups in total. The second-order valence-corrected chi connectivity index (χ2v) is 5.22. The Kier molecular flexibility index (Phi) is 6.24. The van der Waals surface area contributed by atoms with Crippen LogP contribution in [0.1, 0.15) is 17.5 Å². The first-order valence-corrected chi connectivity index (χ1v) is 7.59. The molecule has 7 nitrogen and oxygen atoms in total. The fourth-order valence-electron chi connectivity index (χ4n) is 2.07. The lowest BCUT2D eigenvalue weighted by Gasteiger charge is -2.11. The Morgan fingerprint density at radius 2 is 1.75 bits per heavy atom. The number of amides is 1. The van der Waals surface area contributed by atoms with E-state index in [4.69, 9.17) is 4.74 Å². The predicted molar refractivity (Wildman–Crippen MR) is 90.6 cm³/mol. The number of aromatic nitrogens is 2. The molecule has 24 heavy (non-hydrogen) atoms. The summed E-state index contributed by atoms with van der Waals surface area (Å²) >= 11 is 0. The normalized spacial score (nSPS) is 10.1. The first-order valence-electron chi connectivity index (χ1n) is 7.59. The number of carbonyl (C=O) groups excluding carboxylic acids is 2. The van der Waals surface area contributed by atoms with Crippen molar-refractivity contribution < 1.29 is 14.3 Å². The molecule has 0 saturated heterocycles. The van der Waals surface area contributed by atoms with Gasteiger partial charge in [0.1, 0.15) is 0 Å². The van der Waals surface area contributed by atoms with Crippen LogP contribution >= 0.6 is 0 Å². The Balaban J connectivity index is 1.70. The lowest BCUT2D eigenvalue weighted by atomic mass is 10.1. The van der Waals surface area contributed by atoms with Gasteiger partial charge in [-0.2, -0.15) is 0 Å². The van der Waals surface area contributed by atoms with E-state index in [9.17, 15) is 9.59 Å². The monoisotopic (exact) mass is 328 g/mol. The SMILES string of the molecule is Cc1cccc(C)c1NC(=O)COC(=O)CCNc1ncccn1. The first-order chi connectivity index (χ1) is 11.6. The van der Waals surface area contributed by atoms with E-state index in [2.05, 4.69) is 20.6 Å². The Hall–Kier alpha value is -2.96. The van der Waals surface area contributed by atoms with Gasteiger partial charge in [0.25, 0.3) is 5.91 Å². The summed E-state index contributed by atoms with van der Waals surface area (Å²) in [6, 6.07) is 7.44. The standard InChI is InChI=1S/C17H20N4O3/c1-12-5-3-6-13(2)16(12)21-14(22)11-24-15(23)7-10-20-17-18-8-4-9-19-17/h3-6,8-9H,7,10-11H2,1-2H3,(H,21,22)(H,18,19,20). The number of rotatable bonds is 7. The summed E-state index contributed by atoms with van der Waals surface area (Å²) in [7, 11) is 0. The highest BCUT2D eigenvalue weighted by Crippen LogP contribution is 2.19. The number of carbonyl (C=O) groups is 2. The van der Waals surface area contributed by atoms with Crippen molar-refractivity contribution in [3.05, 3.63) is 47.8 Å². The number of para-hydroxylation sites is 1. The van der Waals surface area contributed by atoms with Crippen molar-refractivity contribution in [1.82, 2.24) is 9.97 Å². The summed E-state index contributed by atoms with van der Waals surface area (Å²) in [4.78, 5) is 31.5. The van der Waals surface area contributed by atoms with Crippen molar-refractivity contribution in [2.24, 2.45) is 0 Å². The van der Waals surface area contributed by atoms with Crippen molar-refractivity contribution in [2.75, 3.05) is 23.8 Å². The first kappa shape index (κ1) is 17.4. The summed E-state index contributed by atoms with van der Waals surface area (Å²) in [6.07, 6.45) is 3.33. The molecule has 1 heterocycles. The van der Waals surface area contributed by atoms with Gasteiger partial charge in [-0.15, -0.1) is 0 Å². The molecule has 0 fully saturated rings. The zero-order valence-electron chi connectivity index (χ0n) is 13.7. The summed E-state index contributed by atoms with van der Waals surface area (Å²) in [6.45, 7) is 3.84. The van der Waals surface area contributed by atoms with Gasteiger partial charge in [-0.05, 0) is 31.0 Å². The number of nitrogens with one attached hydrogen (secondary N) is 2. The topological polar surface area (TPSA) is 93.2 Å². The highest BCUT2D eigenvalue weighted by molar-refractivity contribution is 5.94. The quantitative estimate of drug-likeness (QED) is 0.756. The van der Waals surface area contributed by atoms with Crippen LogP contribution in [-0.4, -0.2) is 35.0 Å². The number of ether oxygens (including phenoxy) is 1. The zero-order valence-corrected chi connectivity index (χ0v) is 13.7. The number of benzene rings is 1. The van der Waals surface area contributed by atoms with Crippen LogP contribution in [0.25, 0.3) is 0 Å². The molecule has 126 valence electrons. The van der Waals surface area contributed by atoms with Gasteiger partial charge in [-0.1, -0.05) is 18.2 Å². The number of hydrogen-bond acceptors (Lipinski definition) is 6. The second-order valence-electron chi connectivity index (χ2n) is 5.22. The fourth-order valence-corrected chi connectivity index (χ4v) is 2.07. The number of hydrogen-bond donors (Lipinski definition) is 2. The molecule has 2 aromatic rings. The van der Waals surface area contributed by atoms with Crippen LogP contribution in [-0.2, 0) is 14.3 Å². The Morgan fingerprint density at radius 3 is 2.42 bits per heavy atom. The van der Waals surface area contributed by atoms with Gasteiger partial charge in [0.05, 0.1) is 6.42 Å². The molecule has 7 heteroatoms. The maximum atomic E-state index is 11.9. The maximum absolute atomic E-state index is 11.9. The third kappa shape index (κ3) is 5.35. The molecular formula is C17H20N4O3. The molecule has 0 aliphatic heterocycles. The van der Waals surface area contributed by atoms with Crippen LogP contribution < -0.4 is 10.6 Å². The predicted octanol–water partition coefficient (Wildman–Crippen LogP) is 2.08. The minimum absolute atomic E-state index is 0.120. The van der Waals surface area contributed by atoms with Gasteiger partial charge >= 0.3 is 5.97 Å². The van der Waals surface area contributed by atoms with Gasteiger partial charge < -0.3 is 15.4 Å². The van der Waals surface area contributed by atoms with Crippen LogP contribution in [0.2, 0.25) is 0 Å². The third-order valence-corrected chi connectivity index (χ3v) is 3.29. The molecule has 1 aromatic heterocycles. The number of anilines is 2. The fraction of sp³-hybridized carbons (Fsp3) is 0.294. The lowest BCUT2D eigenvalue weighted by Crippen LogP contribution is -2.22. The van der Waals surface area contributed by atoms with Crippen molar-refractivity contribution >= 4 is 23.5 Å². The second kappa shape index (κ2) is 8.61. The summed E-state index contributed by atoms with van der Waals surface area (Å²) < 4.78 is 4.96. The minimum Gasteiger partial charge on any atom is -0.456 e. The summed E-state index contributed by atoms with van der Waals surface area (Å²) in [5.41, 5.74) is 2.67. The number of nitrogens with zero attached hydrogens (tertiary/aromatic N) is 2. The average molecular weight is 328 g/mol. The van der Waals surface area contributed by atoms with Gasteiger partial charge in [0, 0.05) is 24.6 Å². The van der Waals surface area contributed by atoms with E-state index in [0.29, 0.717) is 12.5 Å². The lowest BCUT2D eigenvalue weighted by molar-refractivity contribution is -0.147. The molecule has 0 radical (unpaired) electrons. The van der Waals surface area contributed by atoms with Gasteiger partial charge in [-0.3, -0.25) is 9.59 Å². The molecule has 0 unspecified atom stereocenters. The Bertz CT molecular complexity index is 684. The van der Waals surface area contributed by atoms with E-state index in [1.807, 2.05) is 32.0 Å². The van der Waals surface area contributed by atoms with Crippen LogP contribution in [0.15, 0.2) is 36.7 Å².